The van der Waals surface area contributed by atoms with E-state index in [4.69, 9.17) is 0 Å². The minimum atomic E-state index is -0.151. The van der Waals surface area contributed by atoms with Crippen molar-refractivity contribution in [1.29, 1.82) is 0 Å². The lowest BCUT2D eigenvalue weighted by Gasteiger charge is -2.12. The van der Waals surface area contributed by atoms with Gasteiger partial charge in [-0.25, -0.2) is 9.42 Å². The number of nitrogens with zero attached hydrogens (tertiary/aromatic N) is 2. The Morgan fingerprint density at radius 2 is 2.00 bits per heavy atom. The average Bonchev–Trinajstić information content (AvgIpc) is 2.86. The third-order valence-corrected chi connectivity index (χ3v) is 4.96. The molecule has 1 aliphatic rings. The second-order valence-electron chi connectivity index (χ2n) is 3.91. The Kier molecular flexibility index (Phi) is 2.82. The predicted molar refractivity (Wildman–Crippen MR) is 66.1 cm³/mol. The first-order valence-corrected chi connectivity index (χ1v) is 7.06. The first-order chi connectivity index (χ1) is 8.34. The van der Waals surface area contributed by atoms with Crippen LogP contribution in [0, 0.1) is 0 Å². The molecule has 1 N–H and O–H groups in total. The zero-order valence-electron chi connectivity index (χ0n) is 9.18. The lowest BCUT2D eigenvalue weighted by Crippen LogP contribution is -2.39. The highest BCUT2D eigenvalue weighted by Crippen LogP contribution is 2.16. The van der Waals surface area contributed by atoms with E-state index in [1.165, 1.54) is 0 Å². The van der Waals surface area contributed by atoms with E-state index in [0.29, 0.717) is 11.0 Å². The summed E-state index contributed by atoms with van der Waals surface area (Å²) in [6.45, 7) is 1.87. The van der Waals surface area contributed by atoms with Crippen LogP contribution in [0.1, 0.15) is 10.4 Å². The number of fused-ring (bicyclic) bond motifs is 1. The van der Waals surface area contributed by atoms with Gasteiger partial charge in [-0.15, -0.1) is 0 Å². The maximum atomic E-state index is 12.3. The number of carbonyl (C=O) groups is 1. The molecule has 0 saturated carbocycles. The number of carbonyl (C=O) groups excluding carboxylic acids is 1. The van der Waals surface area contributed by atoms with Gasteiger partial charge >= 0.3 is 5.12 Å². The monoisotopic (exact) mass is 250 g/mol. The van der Waals surface area contributed by atoms with Crippen molar-refractivity contribution in [2.24, 2.45) is 0 Å². The Bertz CT molecular complexity index is 548. The van der Waals surface area contributed by atoms with E-state index in [9.17, 15) is 4.79 Å². The molecule has 1 aromatic heterocycles. The van der Waals surface area contributed by atoms with Crippen LogP contribution < -0.4 is 5.32 Å². The van der Waals surface area contributed by atoms with Crippen LogP contribution in [0.2, 0.25) is 0 Å². The molecule has 1 saturated heterocycles. The Morgan fingerprint density at radius 1 is 1.24 bits per heavy atom. The maximum absolute atomic E-state index is 12.3. The molecule has 0 atom stereocenters. The normalized spacial score (nSPS) is 17.4. The van der Waals surface area contributed by atoms with Gasteiger partial charge in [-0.3, -0.25) is 0 Å². The van der Waals surface area contributed by atoms with E-state index in [1.807, 2.05) is 6.07 Å². The van der Waals surface area contributed by atoms with Crippen molar-refractivity contribution in [3.8, 4) is 0 Å². The molecule has 0 spiro atoms. The van der Waals surface area contributed by atoms with Crippen LogP contribution in [0.15, 0.2) is 22.8 Å². The van der Waals surface area contributed by atoms with Crippen molar-refractivity contribution in [2.45, 2.75) is 0 Å². The smallest absolute Gasteiger partial charge is 0.308 e. The summed E-state index contributed by atoms with van der Waals surface area (Å²) in [6, 6.07) is 5.36. The minimum absolute atomic E-state index is 0.151. The quantitative estimate of drug-likeness (QED) is 0.750. The molecular formula is C11H12N3O2S+. The third kappa shape index (κ3) is 2.05. The Labute approximate surface area is 101 Å². The van der Waals surface area contributed by atoms with Gasteiger partial charge in [0.05, 0.1) is 16.5 Å². The molecule has 5 nitrogen and oxygen atoms in total. The first kappa shape index (κ1) is 10.7. The highest BCUT2D eigenvalue weighted by Gasteiger charge is 2.32. The van der Waals surface area contributed by atoms with Gasteiger partial charge in [0, 0.05) is 13.1 Å². The number of rotatable bonds is 1. The van der Waals surface area contributed by atoms with Crippen molar-refractivity contribution < 1.29 is 9.42 Å². The van der Waals surface area contributed by atoms with Gasteiger partial charge in [-0.1, -0.05) is 0 Å². The molecule has 6 heteroatoms. The van der Waals surface area contributed by atoms with Crippen molar-refractivity contribution in [2.75, 3.05) is 24.6 Å². The van der Waals surface area contributed by atoms with Gasteiger partial charge in [0.1, 0.15) is 22.5 Å². The topological polar surface area (TPSA) is 68.0 Å². The number of hydrogen-bond acceptors (Lipinski definition) is 5. The summed E-state index contributed by atoms with van der Waals surface area (Å²) in [4.78, 5) is 12.3. The van der Waals surface area contributed by atoms with Crippen LogP contribution in [0.4, 0.5) is 0 Å². The zero-order valence-corrected chi connectivity index (χ0v) is 10.00. The van der Waals surface area contributed by atoms with Crippen molar-refractivity contribution in [1.82, 2.24) is 15.6 Å². The lowest BCUT2D eigenvalue weighted by atomic mass is 10.2. The van der Waals surface area contributed by atoms with Crippen LogP contribution in [-0.2, 0) is 10.9 Å². The van der Waals surface area contributed by atoms with Gasteiger partial charge < -0.3 is 5.32 Å². The molecule has 0 radical (unpaired) electrons. The van der Waals surface area contributed by atoms with Crippen molar-refractivity contribution in [3.63, 3.8) is 0 Å². The fourth-order valence-electron chi connectivity index (χ4n) is 1.88. The van der Waals surface area contributed by atoms with E-state index >= 15 is 0 Å². The third-order valence-electron chi connectivity index (χ3n) is 2.80. The van der Waals surface area contributed by atoms with Gasteiger partial charge in [0.2, 0.25) is 0 Å². The van der Waals surface area contributed by atoms with Crippen LogP contribution in [0.5, 0.6) is 0 Å². The second kappa shape index (κ2) is 4.46. The predicted octanol–water partition coefficient (Wildman–Crippen LogP) is 0.585. The summed E-state index contributed by atoms with van der Waals surface area (Å²) in [6.07, 6.45) is 0. The van der Waals surface area contributed by atoms with Crippen LogP contribution in [-0.4, -0.2) is 40.0 Å². The molecule has 0 amide bonds. The van der Waals surface area contributed by atoms with E-state index in [2.05, 4.69) is 20.3 Å². The maximum Gasteiger partial charge on any atom is 0.362 e. The Hall–Kier alpha value is -1.40. The summed E-state index contributed by atoms with van der Waals surface area (Å²) < 4.78 is 4.63. The average molecular weight is 250 g/mol. The molecular weight excluding hydrogens is 238 g/mol. The number of hydrogen-bond donors (Lipinski definition) is 1. The van der Waals surface area contributed by atoms with E-state index in [0.717, 1.165) is 30.2 Å². The molecule has 0 bridgehead atoms. The van der Waals surface area contributed by atoms with E-state index < -0.39 is 0 Å². The number of nitrogens with one attached hydrogen (secondary N) is 1. The van der Waals surface area contributed by atoms with Crippen LogP contribution in [0.3, 0.4) is 0 Å². The fourth-order valence-corrected chi connectivity index (χ4v) is 3.70. The van der Waals surface area contributed by atoms with Crippen LogP contribution in [0.25, 0.3) is 11.0 Å². The molecule has 88 valence electrons. The molecule has 0 unspecified atom stereocenters. The first-order valence-electron chi connectivity index (χ1n) is 5.49. The highest BCUT2D eigenvalue weighted by atomic mass is 32.2. The molecule has 2 aromatic rings. The summed E-state index contributed by atoms with van der Waals surface area (Å²) in [5.74, 6) is 1.88. The minimum Gasteiger partial charge on any atom is -0.308 e. The zero-order chi connectivity index (χ0) is 11.7. The summed E-state index contributed by atoms with van der Waals surface area (Å²) in [7, 11) is -0.151. The molecule has 2 heterocycles. The lowest BCUT2D eigenvalue weighted by molar-refractivity contribution is 0.108. The van der Waals surface area contributed by atoms with Gasteiger partial charge in [0.15, 0.2) is 0 Å². The fraction of sp³-hybridized carbons (Fsp3) is 0.364. The van der Waals surface area contributed by atoms with E-state index in [-0.39, 0.29) is 16.0 Å². The Morgan fingerprint density at radius 3 is 2.82 bits per heavy atom. The van der Waals surface area contributed by atoms with Gasteiger partial charge in [0.25, 0.3) is 0 Å². The summed E-state index contributed by atoms with van der Waals surface area (Å²) in [5.41, 5.74) is 2.06. The van der Waals surface area contributed by atoms with Crippen molar-refractivity contribution in [3.05, 3.63) is 23.8 Å². The summed E-state index contributed by atoms with van der Waals surface area (Å²) >= 11 is 0. The molecule has 1 aromatic carbocycles. The summed E-state index contributed by atoms with van der Waals surface area (Å²) in [5, 5.41) is 11.0. The van der Waals surface area contributed by atoms with Crippen LogP contribution >= 0.6 is 0 Å². The molecule has 3 rings (SSSR count). The number of aromatic nitrogens is 2. The van der Waals surface area contributed by atoms with Crippen molar-refractivity contribution >= 4 is 27.0 Å². The standard InChI is InChI=1S/C11H12N3O2S/c15-11(17-5-3-12-4-6-17)8-1-2-9-10(7-8)14-16-13-9/h1-2,7,12H,3-6H2/q+1. The SMILES string of the molecule is O=C(c1ccc2nonc2c1)[S+]1CCNCC1. The molecule has 1 fully saturated rings. The molecule has 17 heavy (non-hydrogen) atoms. The van der Waals surface area contributed by atoms with E-state index in [1.54, 1.807) is 12.1 Å². The number of benzene rings is 1. The molecule has 0 aliphatic carbocycles. The van der Waals surface area contributed by atoms with Gasteiger partial charge in [-0.2, -0.15) is 0 Å². The largest absolute Gasteiger partial charge is 0.362 e. The highest BCUT2D eigenvalue weighted by molar-refractivity contribution is 8.11. The Balaban J connectivity index is 1.88. The van der Waals surface area contributed by atoms with Gasteiger partial charge in [-0.05, 0) is 28.5 Å². The second-order valence-corrected chi connectivity index (χ2v) is 6.08. The molecule has 1 aliphatic heterocycles.